The minimum atomic E-state index is -5.33. The highest BCUT2D eigenvalue weighted by molar-refractivity contribution is 7.89. The molecule has 6 aromatic rings. The van der Waals surface area contributed by atoms with Crippen LogP contribution in [0.3, 0.4) is 0 Å². The highest BCUT2D eigenvalue weighted by Crippen LogP contribution is 2.47. The molecule has 2 aliphatic rings. The summed E-state index contributed by atoms with van der Waals surface area (Å²) in [5.41, 5.74) is -2.31. The lowest BCUT2D eigenvalue weighted by Gasteiger charge is -2.23. The van der Waals surface area contributed by atoms with E-state index in [1.807, 2.05) is 0 Å². The first-order chi connectivity index (χ1) is 33.8. The molecule has 8 rings (SSSR count). The number of azo groups is 1. The maximum atomic E-state index is 14.9. The molecule has 20 nitrogen and oxygen atoms in total. The fourth-order valence-electron chi connectivity index (χ4n) is 8.43. The fraction of sp³-hybridized carbons (Fsp3) is 0.188. The van der Waals surface area contributed by atoms with Crippen LogP contribution in [0.25, 0.3) is 10.8 Å². The van der Waals surface area contributed by atoms with Crippen molar-refractivity contribution in [3.63, 3.8) is 0 Å². The maximum absolute atomic E-state index is 14.9. The molecule has 0 aromatic heterocycles. The molecule has 2 aliphatic heterocycles. The first kappa shape index (κ1) is 49.7. The number of hydrogen-bond acceptors (Lipinski definition) is 15. The number of carbonyl (C=O) groups excluding carboxylic acids is 5. The van der Waals surface area contributed by atoms with Crippen LogP contribution in [0.1, 0.15) is 76.8 Å². The highest BCUT2D eigenvalue weighted by Gasteiger charge is 2.40. The Bertz CT molecular complexity index is 3480. The Morgan fingerprint density at radius 3 is 1.73 bits per heavy atom. The van der Waals surface area contributed by atoms with Crippen LogP contribution in [-0.2, 0) is 33.2 Å². The molecule has 3 N–H and O–H groups in total. The average Bonchev–Trinajstić information content (AvgIpc) is 3.73. The number of methoxy groups -OCH3 is 3. The summed E-state index contributed by atoms with van der Waals surface area (Å²) in [6, 6.07) is 20.1. The van der Waals surface area contributed by atoms with Crippen molar-refractivity contribution in [2.24, 2.45) is 10.2 Å². The number of phenols is 1. The van der Waals surface area contributed by atoms with Gasteiger partial charge >= 0.3 is 0 Å². The smallest absolute Gasteiger partial charge is 0.294 e. The zero-order chi connectivity index (χ0) is 51.3. The van der Waals surface area contributed by atoms with Gasteiger partial charge < -0.3 is 24.6 Å². The highest BCUT2D eigenvalue weighted by atomic mass is 35.5. The third kappa shape index (κ3) is 8.80. The molecule has 0 saturated heterocycles. The molecule has 71 heavy (non-hydrogen) atoms. The summed E-state index contributed by atoms with van der Waals surface area (Å²) in [4.78, 5) is 70.6. The minimum absolute atomic E-state index is 0.000272. The molecule has 0 atom stereocenters. The number of sulfonamides is 1. The van der Waals surface area contributed by atoms with Gasteiger partial charge in [-0.25, -0.2) is 8.42 Å². The van der Waals surface area contributed by atoms with Gasteiger partial charge in [-0.2, -0.15) is 12.7 Å². The van der Waals surface area contributed by atoms with Crippen molar-refractivity contribution in [3.05, 3.63) is 135 Å². The van der Waals surface area contributed by atoms with Crippen LogP contribution in [-0.4, -0.2) is 105 Å². The van der Waals surface area contributed by atoms with Gasteiger partial charge in [-0.1, -0.05) is 49.7 Å². The number of amides is 5. The minimum Gasteiger partial charge on any atom is -0.505 e. The molecule has 0 aliphatic carbocycles. The second-order valence-corrected chi connectivity index (χ2v) is 19.5. The SMILES string of the molecule is CCN(CC)S(=O)(=O)c1ccc(OC)c(N=Nc2c(O)c(C(=O)Nc3cc(Cl)c(OC)cc3OC)c(CN3C(=O)c4ccccc4C3=O)c3cc(S(=O)(=O)O)c(CN4C(=O)c5ccccc5C4=O)cc23)c1. The monoisotopic (exact) mass is 1020 g/mol. The zero-order valence-corrected chi connectivity index (χ0v) is 40.6. The van der Waals surface area contributed by atoms with Gasteiger partial charge in [0.25, 0.3) is 39.7 Å². The van der Waals surface area contributed by atoms with Gasteiger partial charge in [0.15, 0.2) is 5.75 Å². The molecule has 0 radical (unpaired) electrons. The predicted molar refractivity (Wildman–Crippen MR) is 257 cm³/mol. The number of phenolic OH excluding ortho intramolecular Hbond substituents is 1. The molecular weight excluding hydrogens is 984 g/mol. The summed E-state index contributed by atoms with van der Waals surface area (Å²) in [5, 5.41) is 23.3. The fourth-order valence-corrected chi connectivity index (χ4v) is 10.9. The largest absolute Gasteiger partial charge is 0.505 e. The lowest BCUT2D eigenvalue weighted by Crippen LogP contribution is -2.31. The third-order valence-electron chi connectivity index (χ3n) is 11.9. The molecule has 6 aromatic carbocycles. The normalized spacial score (nSPS) is 13.7. The van der Waals surface area contributed by atoms with Crippen molar-refractivity contribution in [2.45, 2.75) is 36.7 Å². The number of benzene rings is 6. The molecule has 2 heterocycles. The lowest BCUT2D eigenvalue weighted by atomic mass is 9.93. The lowest BCUT2D eigenvalue weighted by molar-refractivity contribution is 0.0627. The Hall–Kier alpha value is -7.76. The summed E-state index contributed by atoms with van der Waals surface area (Å²) in [7, 11) is -5.53. The van der Waals surface area contributed by atoms with Gasteiger partial charge in [-0.05, 0) is 77.2 Å². The predicted octanol–water partition coefficient (Wildman–Crippen LogP) is 7.76. The number of imide groups is 2. The summed E-state index contributed by atoms with van der Waals surface area (Å²) >= 11 is 6.45. The number of carbonyl (C=O) groups is 5. The van der Waals surface area contributed by atoms with Gasteiger partial charge in [0, 0.05) is 24.5 Å². The number of nitrogens with zero attached hydrogens (tertiary/aromatic N) is 5. The van der Waals surface area contributed by atoms with Crippen molar-refractivity contribution < 1.29 is 64.7 Å². The summed E-state index contributed by atoms with van der Waals surface area (Å²) in [5.74, 6) is -5.21. The van der Waals surface area contributed by atoms with Crippen molar-refractivity contribution in [2.75, 3.05) is 39.7 Å². The molecule has 23 heteroatoms. The quantitative estimate of drug-likeness (QED) is 0.0475. The van der Waals surface area contributed by atoms with E-state index in [1.54, 1.807) is 13.8 Å². The number of anilines is 1. The van der Waals surface area contributed by atoms with Crippen LogP contribution in [0.5, 0.6) is 23.0 Å². The van der Waals surface area contributed by atoms with Crippen molar-refractivity contribution in [1.29, 1.82) is 0 Å². The number of aromatic hydroxyl groups is 1. The van der Waals surface area contributed by atoms with E-state index in [2.05, 4.69) is 15.5 Å². The van der Waals surface area contributed by atoms with Crippen molar-refractivity contribution in [3.8, 4) is 23.0 Å². The number of nitrogens with one attached hydrogen (secondary N) is 1. The van der Waals surface area contributed by atoms with Crippen LogP contribution < -0.4 is 19.5 Å². The van der Waals surface area contributed by atoms with Crippen LogP contribution in [0.4, 0.5) is 17.1 Å². The van der Waals surface area contributed by atoms with Crippen LogP contribution in [0.15, 0.2) is 111 Å². The molecule has 366 valence electrons. The molecule has 0 saturated carbocycles. The second kappa shape index (κ2) is 19.2. The van der Waals surface area contributed by atoms with Gasteiger partial charge in [-0.15, -0.1) is 10.2 Å². The zero-order valence-electron chi connectivity index (χ0n) is 38.2. The molecule has 0 bridgehead atoms. The van der Waals surface area contributed by atoms with E-state index >= 15 is 0 Å². The molecule has 0 fully saturated rings. The Morgan fingerprint density at radius 2 is 1.23 bits per heavy atom. The van der Waals surface area contributed by atoms with E-state index < -0.39 is 90.2 Å². The number of fused-ring (bicyclic) bond motifs is 3. The standard InChI is InChI=1S/C48H41ClN6O14S2/c1-6-53(7-2)70(62,63)26-16-17-37(67-3)36(19-26)51-52-42-32-18-25(23-54-45(58)27-12-8-9-13-28(27)46(54)59)40(71(64,65)66)20-31(32)33(24-55-47(60)29-14-10-11-15-30(29)48(55)61)41(43(42)56)44(57)50-35-21-34(49)38(68-4)22-39(35)69-5/h8-22,56H,6-7,23-24H2,1-5H3,(H,50,57)(H,64,65,66). The summed E-state index contributed by atoms with van der Waals surface area (Å²) in [6.07, 6.45) is 0. The summed E-state index contributed by atoms with van der Waals surface area (Å²) < 4.78 is 82.6. The topological polar surface area (TPSA) is 268 Å². The van der Waals surface area contributed by atoms with Crippen LogP contribution in [0.2, 0.25) is 5.02 Å². The maximum Gasteiger partial charge on any atom is 0.294 e. The number of halogens is 1. The Balaban J connectivity index is 1.43. The molecule has 0 spiro atoms. The van der Waals surface area contributed by atoms with E-state index in [0.29, 0.717) is 0 Å². The Kier molecular flexibility index (Phi) is 13.4. The van der Waals surface area contributed by atoms with E-state index in [9.17, 15) is 50.5 Å². The summed E-state index contributed by atoms with van der Waals surface area (Å²) in [6.45, 7) is 1.96. The van der Waals surface area contributed by atoms with E-state index in [0.717, 1.165) is 28.0 Å². The second-order valence-electron chi connectivity index (χ2n) is 15.8. The number of hydrogen-bond donors (Lipinski definition) is 3. The van der Waals surface area contributed by atoms with Gasteiger partial charge in [0.05, 0.1) is 82.7 Å². The molecular formula is C48H41ClN6O14S2. The van der Waals surface area contributed by atoms with E-state index in [4.69, 9.17) is 25.8 Å². The van der Waals surface area contributed by atoms with Crippen LogP contribution >= 0.6 is 11.6 Å². The number of ether oxygens (including phenoxy) is 3. The van der Waals surface area contributed by atoms with E-state index in [1.165, 1.54) is 98.4 Å². The third-order valence-corrected chi connectivity index (χ3v) is 15.2. The molecule has 5 amide bonds. The first-order valence-corrected chi connectivity index (χ1v) is 24.6. The van der Waals surface area contributed by atoms with Crippen molar-refractivity contribution >= 4 is 89.1 Å². The Labute approximate surface area is 410 Å². The Morgan fingerprint density at radius 1 is 0.690 bits per heavy atom. The average molecular weight is 1030 g/mol. The van der Waals surface area contributed by atoms with Gasteiger partial charge in [-0.3, -0.25) is 38.3 Å². The van der Waals surface area contributed by atoms with Crippen LogP contribution in [0, 0.1) is 0 Å². The van der Waals surface area contributed by atoms with Crippen molar-refractivity contribution in [1.82, 2.24) is 14.1 Å². The van der Waals surface area contributed by atoms with Gasteiger partial charge in [0.1, 0.15) is 28.6 Å². The number of rotatable bonds is 16. The van der Waals surface area contributed by atoms with Gasteiger partial charge in [0.2, 0.25) is 10.0 Å². The molecule has 0 unspecified atom stereocenters. The van der Waals surface area contributed by atoms with E-state index in [-0.39, 0.29) is 90.2 Å². The first-order valence-electron chi connectivity index (χ1n) is 21.3.